The highest BCUT2D eigenvalue weighted by atomic mass is 32.1. The summed E-state index contributed by atoms with van der Waals surface area (Å²) in [6, 6.07) is 3.92. The summed E-state index contributed by atoms with van der Waals surface area (Å²) in [4.78, 5) is 4.03. The highest BCUT2D eigenvalue weighted by Crippen LogP contribution is 2.37. The molecule has 3 rings (SSSR count). The molecule has 1 aliphatic carbocycles. The van der Waals surface area contributed by atoms with Crippen molar-refractivity contribution in [3.63, 3.8) is 0 Å². The Hall–Kier alpha value is -1.49. The SMILES string of the molecule is CC(Cn1c(-c2ccncc2)n[nH]c1=S)C1CC1. The van der Waals surface area contributed by atoms with Gasteiger partial charge in [0, 0.05) is 24.5 Å². The van der Waals surface area contributed by atoms with E-state index in [1.165, 1.54) is 12.8 Å². The molecular formula is C13H16N4S. The minimum absolute atomic E-state index is 0.662. The largest absolute Gasteiger partial charge is 0.300 e. The molecule has 0 saturated heterocycles. The molecule has 4 nitrogen and oxygen atoms in total. The van der Waals surface area contributed by atoms with Crippen LogP contribution in [0.5, 0.6) is 0 Å². The Kier molecular flexibility index (Phi) is 2.99. The van der Waals surface area contributed by atoms with Gasteiger partial charge >= 0.3 is 0 Å². The first kappa shape index (κ1) is 11.6. The van der Waals surface area contributed by atoms with E-state index in [9.17, 15) is 0 Å². The summed E-state index contributed by atoms with van der Waals surface area (Å²) < 4.78 is 2.81. The normalized spacial score (nSPS) is 16.7. The average Bonchev–Trinajstić information content (AvgIpc) is 3.18. The summed E-state index contributed by atoms with van der Waals surface area (Å²) in [5.41, 5.74) is 1.06. The molecule has 1 fully saturated rings. The summed E-state index contributed by atoms with van der Waals surface area (Å²) in [6.07, 6.45) is 6.28. The van der Waals surface area contributed by atoms with Gasteiger partial charge in [-0.25, -0.2) is 0 Å². The van der Waals surface area contributed by atoms with Crippen LogP contribution in [0.25, 0.3) is 11.4 Å². The number of hydrogen-bond acceptors (Lipinski definition) is 3. The number of H-pyrrole nitrogens is 1. The van der Waals surface area contributed by atoms with Gasteiger partial charge in [0.05, 0.1) is 0 Å². The van der Waals surface area contributed by atoms with E-state index in [0.29, 0.717) is 10.7 Å². The van der Waals surface area contributed by atoms with Crippen molar-refractivity contribution in [2.24, 2.45) is 11.8 Å². The van der Waals surface area contributed by atoms with Crippen LogP contribution in [0.15, 0.2) is 24.5 Å². The highest BCUT2D eigenvalue weighted by molar-refractivity contribution is 7.71. The van der Waals surface area contributed by atoms with Crippen LogP contribution in [0, 0.1) is 16.6 Å². The predicted molar refractivity (Wildman–Crippen MR) is 72.5 cm³/mol. The molecule has 0 aliphatic heterocycles. The fraction of sp³-hybridized carbons (Fsp3) is 0.462. The molecule has 1 saturated carbocycles. The van der Waals surface area contributed by atoms with Crippen LogP contribution in [0.1, 0.15) is 19.8 Å². The van der Waals surface area contributed by atoms with Gasteiger partial charge in [-0.05, 0) is 49.0 Å². The molecule has 1 aliphatic rings. The van der Waals surface area contributed by atoms with Crippen LogP contribution in [0.4, 0.5) is 0 Å². The Bertz CT molecular complexity index is 583. The minimum atomic E-state index is 0.662. The fourth-order valence-corrected chi connectivity index (χ4v) is 2.52. The molecule has 1 unspecified atom stereocenters. The van der Waals surface area contributed by atoms with Crippen molar-refractivity contribution in [2.75, 3.05) is 0 Å². The van der Waals surface area contributed by atoms with Crippen molar-refractivity contribution in [1.29, 1.82) is 0 Å². The van der Waals surface area contributed by atoms with E-state index in [0.717, 1.165) is 23.9 Å². The third-order valence-corrected chi connectivity index (χ3v) is 3.91. The van der Waals surface area contributed by atoms with E-state index in [-0.39, 0.29) is 0 Å². The first-order valence-electron chi connectivity index (χ1n) is 6.31. The Morgan fingerprint density at radius 3 is 2.83 bits per heavy atom. The van der Waals surface area contributed by atoms with E-state index in [1.54, 1.807) is 12.4 Å². The second-order valence-electron chi connectivity index (χ2n) is 5.01. The smallest absolute Gasteiger partial charge is 0.195 e. The van der Waals surface area contributed by atoms with Gasteiger partial charge in [-0.1, -0.05) is 6.92 Å². The minimum Gasteiger partial charge on any atom is -0.300 e. The lowest BCUT2D eigenvalue weighted by molar-refractivity contribution is 0.429. The molecule has 0 bridgehead atoms. The Labute approximate surface area is 111 Å². The van der Waals surface area contributed by atoms with E-state index in [2.05, 4.69) is 26.7 Å². The van der Waals surface area contributed by atoms with Crippen LogP contribution < -0.4 is 0 Å². The third kappa shape index (κ3) is 2.22. The summed E-state index contributed by atoms with van der Waals surface area (Å²) >= 11 is 5.33. The Balaban J connectivity index is 1.93. The molecule has 0 aromatic carbocycles. The summed E-state index contributed by atoms with van der Waals surface area (Å²) in [6.45, 7) is 3.24. The molecule has 94 valence electrons. The number of rotatable bonds is 4. The monoisotopic (exact) mass is 260 g/mol. The lowest BCUT2D eigenvalue weighted by Gasteiger charge is -2.12. The molecule has 18 heavy (non-hydrogen) atoms. The zero-order valence-electron chi connectivity index (χ0n) is 10.3. The third-order valence-electron chi connectivity index (χ3n) is 3.59. The maximum absolute atomic E-state index is 5.33. The number of pyridine rings is 1. The maximum Gasteiger partial charge on any atom is 0.195 e. The number of aromatic nitrogens is 4. The van der Waals surface area contributed by atoms with Crippen molar-refractivity contribution in [2.45, 2.75) is 26.3 Å². The summed E-state index contributed by atoms with van der Waals surface area (Å²) in [5, 5.41) is 7.23. The van der Waals surface area contributed by atoms with Crippen molar-refractivity contribution in [3.05, 3.63) is 29.3 Å². The second-order valence-corrected chi connectivity index (χ2v) is 5.40. The molecule has 1 N–H and O–H groups in total. The number of aromatic amines is 1. The first-order chi connectivity index (χ1) is 8.75. The Morgan fingerprint density at radius 2 is 2.17 bits per heavy atom. The van der Waals surface area contributed by atoms with Gasteiger partial charge in [0.1, 0.15) is 0 Å². The molecule has 1 atom stereocenters. The van der Waals surface area contributed by atoms with Gasteiger partial charge in [0.15, 0.2) is 10.6 Å². The van der Waals surface area contributed by atoms with Gasteiger partial charge in [-0.2, -0.15) is 5.10 Å². The number of hydrogen-bond donors (Lipinski definition) is 1. The van der Waals surface area contributed by atoms with E-state index in [1.807, 2.05) is 12.1 Å². The molecule has 2 heterocycles. The van der Waals surface area contributed by atoms with Crippen molar-refractivity contribution in [1.82, 2.24) is 19.7 Å². The van der Waals surface area contributed by atoms with E-state index < -0.39 is 0 Å². The zero-order valence-corrected chi connectivity index (χ0v) is 11.2. The Morgan fingerprint density at radius 1 is 1.44 bits per heavy atom. The molecule has 5 heteroatoms. The zero-order chi connectivity index (χ0) is 12.5. The van der Waals surface area contributed by atoms with Gasteiger partial charge in [-0.3, -0.25) is 14.6 Å². The summed E-state index contributed by atoms with van der Waals surface area (Å²) in [5.74, 6) is 2.44. The van der Waals surface area contributed by atoms with Gasteiger partial charge in [0.25, 0.3) is 0 Å². The van der Waals surface area contributed by atoms with Gasteiger partial charge < -0.3 is 0 Å². The lowest BCUT2D eigenvalue weighted by atomic mass is 10.1. The number of nitrogens with zero attached hydrogens (tertiary/aromatic N) is 3. The predicted octanol–water partition coefficient (Wildman–Crippen LogP) is 3.05. The fourth-order valence-electron chi connectivity index (χ4n) is 2.31. The molecule has 0 spiro atoms. The molecule has 2 aromatic heterocycles. The van der Waals surface area contributed by atoms with E-state index >= 15 is 0 Å². The quantitative estimate of drug-likeness (QED) is 0.859. The summed E-state index contributed by atoms with van der Waals surface area (Å²) in [7, 11) is 0. The van der Waals surface area contributed by atoms with Crippen molar-refractivity contribution < 1.29 is 0 Å². The van der Waals surface area contributed by atoms with Crippen LogP contribution >= 0.6 is 12.2 Å². The van der Waals surface area contributed by atoms with Crippen LogP contribution in [-0.2, 0) is 6.54 Å². The first-order valence-corrected chi connectivity index (χ1v) is 6.72. The molecular weight excluding hydrogens is 244 g/mol. The van der Waals surface area contributed by atoms with Gasteiger partial charge in [0.2, 0.25) is 0 Å². The van der Waals surface area contributed by atoms with Crippen molar-refractivity contribution in [3.8, 4) is 11.4 Å². The van der Waals surface area contributed by atoms with Crippen LogP contribution in [-0.4, -0.2) is 19.7 Å². The standard InChI is InChI=1S/C13H16N4S/c1-9(10-2-3-10)8-17-12(15-16-13(17)18)11-4-6-14-7-5-11/h4-7,9-10H,2-3,8H2,1H3,(H,16,18). The molecule has 0 amide bonds. The van der Waals surface area contributed by atoms with E-state index in [4.69, 9.17) is 12.2 Å². The molecule has 0 radical (unpaired) electrons. The van der Waals surface area contributed by atoms with Crippen molar-refractivity contribution >= 4 is 12.2 Å². The average molecular weight is 260 g/mol. The maximum atomic E-state index is 5.33. The van der Waals surface area contributed by atoms with Crippen LogP contribution in [0.3, 0.4) is 0 Å². The lowest BCUT2D eigenvalue weighted by Crippen LogP contribution is -2.10. The van der Waals surface area contributed by atoms with Gasteiger partial charge in [-0.15, -0.1) is 0 Å². The molecule has 2 aromatic rings. The number of nitrogens with one attached hydrogen (secondary N) is 1. The second kappa shape index (κ2) is 4.65. The topological polar surface area (TPSA) is 46.5 Å². The van der Waals surface area contributed by atoms with Crippen LogP contribution in [0.2, 0.25) is 0 Å². The highest BCUT2D eigenvalue weighted by Gasteiger charge is 2.28.